The van der Waals surface area contributed by atoms with Gasteiger partial charge in [-0.2, -0.15) is 0 Å². The fraction of sp³-hybridized carbons (Fsp3) is 0.857. The molecule has 0 aromatic carbocycles. The maximum Gasteiger partial charge on any atom is 0.233 e. The molecule has 12 heavy (non-hydrogen) atoms. The van der Waals surface area contributed by atoms with Gasteiger partial charge in [-0.05, 0) is 12.8 Å². The number of ether oxygens (including phenoxy) is 1. The third-order valence-electron chi connectivity index (χ3n) is 2.47. The van der Waals surface area contributed by atoms with Crippen molar-refractivity contribution in [1.29, 1.82) is 0 Å². The number of morpholine rings is 1. The fourth-order valence-electron chi connectivity index (χ4n) is 1.87. The first-order chi connectivity index (χ1) is 5.79. The highest BCUT2D eigenvalue weighted by Gasteiger charge is 2.34. The second kappa shape index (κ2) is 2.82. The van der Waals surface area contributed by atoms with Crippen LogP contribution < -0.4 is 5.73 Å². The SMILES string of the molecule is NC(=NO)N1CC2CCC(C1)O2. The molecule has 2 saturated heterocycles. The average molecular weight is 171 g/mol. The maximum absolute atomic E-state index is 8.46. The molecule has 2 rings (SSSR count). The summed E-state index contributed by atoms with van der Waals surface area (Å²) in [7, 11) is 0. The largest absolute Gasteiger partial charge is 0.408 e. The Morgan fingerprint density at radius 3 is 2.50 bits per heavy atom. The Bertz CT molecular complexity index is 195. The van der Waals surface area contributed by atoms with Crippen molar-refractivity contribution < 1.29 is 9.94 Å². The van der Waals surface area contributed by atoms with Gasteiger partial charge in [0.1, 0.15) is 0 Å². The molecule has 0 aromatic rings. The Morgan fingerprint density at radius 1 is 1.42 bits per heavy atom. The molecule has 0 aromatic heterocycles. The van der Waals surface area contributed by atoms with E-state index in [1.807, 2.05) is 4.90 Å². The number of rotatable bonds is 0. The van der Waals surface area contributed by atoms with E-state index in [-0.39, 0.29) is 18.2 Å². The van der Waals surface area contributed by atoms with Gasteiger partial charge in [0.25, 0.3) is 0 Å². The quantitative estimate of drug-likeness (QED) is 0.224. The van der Waals surface area contributed by atoms with Gasteiger partial charge in [0.2, 0.25) is 5.96 Å². The minimum absolute atomic E-state index is 0.204. The van der Waals surface area contributed by atoms with Crippen molar-refractivity contribution in [3.63, 3.8) is 0 Å². The van der Waals surface area contributed by atoms with Crippen LogP contribution in [0, 0.1) is 0 Å². The number of fused-ring (bicyclic) bond motifs is 2. The molecule has 5 nitrogen and oxygen atoms in total. The molecule has 0 aliphatic carbocycles. The molecule has 0 radical (unpaired) electrons. The molecule has 2 fully saturated rings. The lowest BCUT2D eigenvalue weighted by Crippen LogP contribution is -2.48. The summed E-state index contributed by atoms with van der Waals surface area (Å²) in [6.07, 6.45) is 2.76. The smallest absolute Gasteiger partial charge is 0.233 e. The predicted octanol–water partition coefficient (Wildman–Crippen LogP) is -0.447. The minimum Gasteiger partial charge on any atom is -0.408 e. The van der Waals surface area contributed by atoms with Crippen LogP contribution in [-0.2, 0) is 4.74 Å². The monoisotopic (exact) mass is 171 g/mol. The Hall–Kier alpha value is -0.970. The molecule has 2 bridgehead atoms. The Labute approximate surface area is 70.8 Å². The van der Waals surface area contributed by atoms with Gasteiger partial charge in [-0.3, -0.25) is 0 Å². The Kier molecular flexibility index (Phi) is 1.80. The first-order valence-corrected chi connectivity index (χ1v) is 4.17. The van der Waals surface area contributed by atoms with Crippen molar-refractivity contribution in [3.8, 4) is 0 Å². The predicted molar refractivity (Wildman–Crippen MR) is 42.9 cm³/mol. The van der Waals surface area contributed by atoms with E-state index >= 15 is 0 Å². The van der Waals surface area contributed by atoms with Crippen molar-refractivity contribution in [1.82, 2.24) is 4.90 Å². The standard InChI is InChI=1S/C7H13N3O2/c8-7(9-11)10-3-5-1-2-6(4-10)12-5/h5-6,11H,1-4H2,(H2,8,9). The maximum atomic E-state index is 8.46. The van der Waals surface area contributed by atoms with Crippen LogP contribution >= 0.6 is 0 Å². The highest BCUT2D eigenvalue weighted by molar-refractivity contribution is 5.77. The highest BCUT2D eigenvalue weighted by atomic mass is 16.5. The number of nitrogens with zero attached hydrogens (tertiary/aromatic N) is 2. The zero-order chi connectivity index (χ0) is 8.55. The molecular formula is C7H13N3O2. The van der Waals surface area contributed by atoms with Crippen LogP contribution in [0.1, 0.15) is 12.8 Å². The summed E-state index contributed by atoms with van der Waals surface area (Å²) in [4.78, 5) is 1.87. The number of likely N-dealkylation sites (tertiary alicyclic amines) is 1. The molecule has 68 valence electrons. The van der Waals surface area contributed by atoms with Gasteiger partial charge in [-0.25, -0.2) is 0 Å². The molecule has 2 heterocycles. The average Bonchev–Trinajstić information content (AvgIpc) is 2.44. The summed E-state index contributed by atoms with van der Waals surface area (Å²) in [6, 6.07) is 0. The normalized spacial score (nSPS) is 35.7. The van der Waals surface area contributed by atoms with Gasteiger partial charge in [-0.1, -0.05) is 5.16 Å². The van der Waals surface area contributed by atoms with Gasteiger partial charge in [-0.15, -0.1) is 0 Å². The Morgan fingerprint density at radius 2 is 2.00 bits per heavy atom. The fourth-order valence-corrected chi connectivity index (χ4v) is 1.87. The van der Waals surface area contributed by atoms with E-state index in [1.54, 1.807) is 0 Å². The van der Waals surface area contributed by atoms with Crippen LogP contribution in [0.15, 0.2) is 5.16 Å². The molecule has 2 aliphatic rings. The van der Waals surface area contributed by atoms with Crippen molar-refractivity contribution in [2.75, 3.05) is 13.1 Å². The molecule has 0 spiro atoms. The van der Waals surface area contributed by atoms with E-state index in [0.717, 1.165) is 25.9 Å². The number of hydrogen-bond donors (Lipinski definition) is 2. The van der Waals surface area contributed by atoms with E-state index in [9.17, 15) is 0 Å². The van der Waals surface area contributed by atoms with Gasteiger partial charge in [0, 0.05) is 13.1 Å². The zero-order valence-corrected chi connectivity index (χ0v) is 6.81. The molecule has 2 aliphatic heterocycles. The third-order valence-corrected chi connectivity index (χ3v) is 2.47. The number of guanidine groups is 1. The number of hydrogen-bond acceptors (Lipinski definition) is 3. The summed E-state index contributed by atoms with van der Waals surface area (Å²) in [6.45, 7) is 1.51. The second-order valence-electron chi connectivity index (χ2n) is 3.32. The lowest BCUT2D eigenvalue weighted by atomic mass is 10.2. The summed E-state index contributed by atoms with van der Waals surface area (Å²) < 4.78 is 5.59. The topological polar surface area (TPSA) is 71.1 Å². The van der Waals surface area contributed by atoms with Crippen LogP contribution in [0.25, 0.3) is 0 Å². The lowest BCUT2D eigenvalue weighted by Gasteiger charge is -2.31. The van der Waals surface area contributed by atoms with E-state index in [1.165, 1.54) is 0 Å². The van der Waals surface area contributed by atoms with Gasteiger partial charge in [0.05, 0.1) is 12.2 Å². The van der Waals surface area contributed by atoms with E-state index in [4.69, 9.17) is 15.7 Å². The zero-order valence-electron chi connectivity index (χ0n) is 6.81. The van der Waals surface area contributed by atoms with E-state index in [2.05, 4.69) is 5.16 Å². The number of oxime groups is 1. The molecular weight excluding hydrogens is 158 g/mol. The number of nitrogens with two attached hydrogens (primary N) is 1. The van der Waals surface area contributed by atoms with Crippen molar-refractivity contribution in [3.05, 3.63) is 0 Å². The van der Waals surface area contributed by atoms with Crippen LogP contribution in [0.4, 0.5) is 0 Å². The van der Waals surface area contributed by atoms with Crippen LogP contribution in [0.2, 0.25) is 0 Å². The molecule has 5 heteroatoms. The summed E-state index contributed by atoms with van der Waals surface area (Å²) >= 11 is 0. The van der Waals surface area contributed by atoms with Gasteiger partial charge in [0.15, 0.2) is 0 Å². The molecule has 0 saturated carbocycles. The summed E-state index contributed by atoms with van der Waals surface area (Å²) in [5.41, 5.74) is 5.47. The summed E-state index contributed by atoms with van der Waals surface area (Å²) in [5, 5.41) is 11.4. The lowest BCUT2D eigenvalue weighted by molar-refractivity contribution is -0.0169. The van der Waals surface area contributed by atoms with Crippen molar-refractivity contribution in [2.24, 2.45) is 10.9 Å². The van der Waals surface area contributed by atoms with Crippen LogP contribution in [0.5, 0.6) is 0 Å². The summed E-state index contributed by atoms with van der Waals surface area (Å²) in [5.74, 6) is 0.204. The minimum atomic E-state index is 0.204. The molecule has 2 atom stereocenters. The first kappa shape index (κ1) is 7.67. The Balaban J connectivity index is 2.02. The molecule has 2 unspecified atom stereocenters. The molecule has 0 amide bonds. The molecule has 3 N–H and O–H groups in total. The van der Waals surface area contributed by atoms with E-state index < -0.39 is 0 Å². The van der Waals surface area contributed by atoms with Crippen LogP contribution in [-0.4, -0.2) is 41.4 Å². The van der Waals surface area contributed by atoms with Crippen LogP contribution in [0.3, 0.4) is 0 Å². The van der Waals surface area contributed by atoms with Gasteiger partial charge < -0.3 is 20.6 Å². The highest BCUT2D eigenvalue weighted by Crippen LogP contribution is 2.25. The first-order valence-electron chi connectivity index (χ1n) is 4.17. The second-order valence-corrected chi connectivity index (χ2v) is 3.32. The van der Waals surface area contributed by atoms with Gasteiger partial charge >= 0.3 is 0 Å². The van der Waals surface area contributed by atoms with Crippen molar-refractivity contribution in [2.45, 2.75) is 25.0 Å². The third kappa shape index (κ3) is 1.20. The van der Waals surface area contributed by atoms with Crippen molar-refractivity contribution >= 4 is 5.96 Å². The van der Waals surface area contributed by atoms with E-state index in [0.29, 0.717) is 0 Å².